The van der Waals surface area contributed by atoms with Crippen LogP contribution in [0.2, 0.25) is 0 Å². The van der Waals surface area contributed by atoms with Crippen LogP contribution in [0.25, 0.3) is 22.0 Å². The van der Waals surface area contributed by atoms with Gasteiger partial charge >= 0.3 is 0 Å². The molecule has 7 heteroatoms. The van der Waals surface area contributed by atoms with Gasteiger partial charge in [0.15, 0.2) is 5.13 Å². The molecule has 0 radical (unpaired) electrons. The number of aromatic nitrogens is 1. The molecule has 1 aromatic heterocycles. The first-order valence-electron chi connectivity index (χ1n) is 9.28. The number of carbonyl (C=O) groups is 2. The fourth-order valence-corrected chi connectivity index (χ4v) is 3.71. The molecule has 3 rings (SSSR count). The van der Waals surface area contributed by atoms with E-state index in [0.717, 1.165) is 30.5 Å². The minimum Gasteiger partial charge on any atom is -0.355 e. The lowest BCUT2D eigenvalue weighted by atomic mass is 10.1. The molecule has 2 aromatic carbocycles. The molecule has 0 spiro atoms. The van der Waals surface area contributed by atoms with E-state index in [1.807, 2.05) is 17.5 Å². The first kappa shape index (κ1) is 20.4. The van der Waals surface area contributed by atoms with E-state index in [4.69, 9.17) is 0 Å². The molecule has 146 valence electrons. The monoisotopic (exact) mass is 413 g/mol. The summed E-state index contributed by atoms with van der Waals surface area (Å²) in [6.07, 6.45) is 2.98. The highest BCUT2D eigenvalue weighted by Crippen LogP contribution is 2.27. The van der Waals surface area contributed by atoms with Crippen molar-refractivity contribution >= 4 is 51.7 Å². The maximum atomic E-state index is 12.1. The predicted octanol–water partition coefficient (Wildman–Crippen LogP) is 4.51. The van der Waals surface area contributed by atoms with Gasteiger partial charge in [-0.2, -0.15) is 12.6 Å². The van der Waals surface area contributed by atoms with Gasteiger partial charge in [-0.15, -0.1) is 11.3 Å². The van der Waals surface area contributed by atoms with Crippen molar-refractivity contribution < 1.29 is 9.59 Å². The molecule has 28 heavy (non-hydrogen) atoms. The maximum Gasteiger partial charge on any atom is 0.229 e. The van der Waals surface area contributed by atoms with Crippen LogP contribution in [0.1, 0.15) is 25.7 Å². The van der Waals surface area contributed by atoms with E-state index in [2.05, 4.69) is 58.6 Å². The second kappa shape index (κ2) is 10.2. The van der Waals surface area contributed by atoms with Gasteiger partial charge in [0.2, 0.25) is 11.8 Å². The Balaban J connectivity index is 1.46. The van der Waals surface area contributed by atoms with Gasteiger partial charge < -0.3 is 10.6 Å². The van der Waals surface area contributed by atoms with E-state index in [0.29, 0.717) is 18.1 Å². The summed E-state index contributed by atoms with van der Waals surface area (Å²) in [4.78, 5) is 27.7. The molecular weight excluding hydrogens is 390 g/mol. The zero-order valence-corrected chi connectivity index (χ0v) is 17.2. The Morgan fingerprint density at radius 2 is 1.82 bits per heavy atom. The summed E-state index contributed by atoms with van der Waals surface area (Å²) >= 11 is 5.34. The van der Waals surface area contributed by atoms with Crippen LogP contribution in [0.3, 0.4) is 0 Å². The summed E-state index contributed by atoms with van der Waals surface area (Å²) in [5.41, 5.74) is 1.91. The van der Waals surface area contributed by atoms with Crippen molar-refractivity contribution in [3.63, 3.8) is 0 Å². The summed E-state index contributed by atoms with van der Waals surface area (Å²) in [5.74, 6) is 0.114. The largest absolute Gasteiger partial charge is 0.355 e. The van der Waals surface area contributed by atoms with Crippen LogP contribution in [0.4, 0.5) is 5.13 Å². The van der Waals surface area contributed by atoms with Crippen molar-refractivity contribution in [2.45, 2.75) is 25.7 Å². The number of nitrogens with one attached hydrogen (secondary N) is 2. The van der Waals surface area contributed by atoms with E-state index in [1.165, 1.54) is 22.1 Å². The molecule has 0 aliphatic carbocycles. The van der Waals surface area contributed by atoms with E-state index in [1.54, 1.807) is 0 Å². The molecule has 2 N–H and O–H groups in total. The molecule has 0 aliphatic rings. The van der Waals surface area contributed by atoms with Crippen LogP contribution >= 0.6 is 24.0 Å². The van der Waals surface area contributed by atoms with Crippen molar-refractivity contribution in [1.29, 1.82) is 0 Å². The molecule has 0 bridgehead atoms. The number of benzene rings is 2. The normalized spacial score (nSPS) is 10.8. The van der Waals surface area contributed by atoms with Crippen LogP contribution in [0.15, 0.2) is 47.8 Å². The number of fused-ring (bicyclic) bond motifs is 1. The molecule has 5 nitrogen and oxygen atoms in total. The molecule has 1 heterocycles. The summed E-state index contributed by atoms with van der Waals surface area (Å²) < 4.78 is 0. The van der Waals surface area contributed by atoms with Crippen molar-refractivity contribution in [2.24, 2.45) is 0 Å². The maximum absolute atomic E-state index is 12.1. The lowest BCUT2D eigenvalue weighted by Gasteiger charge is -2.04. The van der Waals surface area contributed by atoms with Crippen LogP contribution in [-0.4, -0.2) is 29.1 Å². The number of anilines is 1. The minimum atomic E-state index is -0.0629. The summed E-state index contributed by atoms with van der Waals surface area (Å²) in [5, 5.41) is 10.6. The third-order valence-corrected chi connectivity index (χ3v) is 5.39. The van der Waals surface area contributed by atoms with E-state index >= 15 is 0 Å². The van der Waals surface area contributed by atoms with Gasteiger partial charge in [0.25, 0.3) is 0 Å². The van der Waals surface area contributed by atoms with Gasteiger partial charge in [0.05, 0.1) is 11.4 Å². The van der Waals surface area contributed by atoms with Crippen LogP contribution in [0.5, 0.6) is 0 Å². The standard InChI is InChI=1S/C21H23N3O2S2/c25-19(8-2-1-5-11-22-20(26)13-27)24-21-23-18(14-28-21)17-10-9-15-6-3-4-7-16(15)12-17/h3-4,6-7,9-10,12,14,27H,1-2,5,8,11,13H2,(H,22,26)(H,23,24,25). The number of thiol groups is 1. The Morgan fingerprint density at radius 1 is 1.00 bits per heavy atom. The number of rotatable bonds is 9. The first-order valence-corrected chi connectivity index (χ1v) is 10.8. The van der Waals surface area contributed by atoms with Crippen LogP contribution in [0, 0.1) is 0 Å². The van der Waals surface area contributed by atoms with Gasteiger partial charge in [-0.05, 0) is 29.7 Å². The SMILES string of the molecule is O=C(CS)NCCCCCC(=O)Nc1nc(-c2ccc3ccccc3c2)cs1. The number of unbranched alkanes of at least 4 members (excludes halogenated alkanes) is 2. The average Bonchev–Trinajstić information content (AvgIpc) is 3.18. The number of nitrogens with zero attached hydrogens (tertiary/aromatic N) is 1. The molecule has 0 unspecified atom stereocenters. The molecular formula is C21H23N3O2S2. The van der Waals surface area contributed by atoms with Gasteiger partial charge in [0, 0.05) is 23.9 Å². The molecule has 2 amide bonds. The number of amides is 2. The van der Waals surface area contributed by atoms with E-state index in [-0.39, 0.29) is 17.6 Å². The number of hydrogen-bond donors (Lipinski definition) is 3. The lowest BCUT2D eigenvalue weighted by Crippen LogP contribution is -2.25. The van der Waals surface area contributed by atoms with Crippen molar-refractivity contribution in [1.82, 2.24) is 10.3 Å². The van der Waals surface area contributed by atoms with Crippen molar-refractivity contribution in [3.05, 3.63) is 47.8 Å². The summed E-state index contributed by atoms with van der Waals surface area (Å²) in [6, 6.07) is 14.5. The average molecular weight is 414 g/mol. The highest BCUT2D eigenvalue weighted by Gasteiger charge is 2.08. The van der Waals surface area contributed by atoms with Crippen molar-refractivity contribution in [3.8, 4) is 11.3 Å². The Kier molecular flexibility index (Phi) is 7.45. The highest BCUT2D eigenvalue weighted by atomic mass is 32.1. The van der Waals surface area contributed by atoms with Gasteiger partial charge in [-0.1, -0.05) is 42.8 Å². The van der Waals surface area contributed by atoms with Gasteiger partial charge in [-0.25, -0.2) is 4.98 Å². The second-order valence-electron chi connectivity index (χ2n) is 6.47. The van der Waals surface area contributed by atoms with Gasteiger partial charge in [-0.3, -0.25) is 9.59 Å². The topological polar surface area (TPSA) is 71.1 Å². The fourth-order valence-electron chi connectivity index (χ4n) is 2.87. The Labute approximate surface area is 174 Å². The predicted molar refractivity (Wildman–Crippen MR) is 119 cm³/mol. The highest BCUT2D eigenvalue weighted by molar-refractivity contribution is 7.81. The molecule has 0 atom stereocenters. The van der Waals surface area contributed by atoms with Crippen molar-refractivity contribution in [2.75, 3.05) is 17.6 Å². The van der Waals surface area contributed by atoms with Gasteiger partial charge in [0.1, 0.15) is 0 Å². The number of carbonyl (C=O) groups excluding carboxylic acids is 2. The molecule has 0 saturated carbocycles. The Morgan fingerprint density at radius 3 is 2.64 bits per heavy atom. The Bertz CT molecular complexity index is 955. The Hall–Kier alpha value is -2.38. The summed E-state index contributed by atoms with van der Waals surface area (Å²) in [6.45, 7) is 0.628. The second-order valence-corrected chi connectivity index (χ2v) is 7.64. The summed E-state index contributed by atoms with van der Waals surface area (Å²) in [7, 11) is 0. The number of thiazole rings is 1. The first-order chi connectivity index (χ1) is 13.7. The van der Waals surface area contributed by atoms with E-state index in [9.17, 15) is 9.59 Å². The fraction of sp³-hybridized carbons (Fsp3) is 0.286. The molecule has 0 aliphatic heterocycles. The molecule has 0 fully saturated rings. The van der Waals surface area contributed by atoms with Crippen LogP contribution < -0.4 is 10.6 Å². The minimum absolute atomic E-state index is 0.0289. The lowest BCUT2D eigenvalue weighted by molar-refractivity contribution is -0.118. The smallest absolute Gasteiger partial charge is 0.229 e. The third-order valence-electron chi connectivity index (χ3n) is 4.34. The molecule has 3 aromatic rings. The third kappa shape index (κ3) is 5.81. The zero-order chi connectivity index (χ0) is 19.8. The zero-order valence-electron chi connectivity index (χ0n) is 15.5. The molecule has 0 saturated heterocycles. The number of hydrogen-bond acceptors (Lipinski definition) is 5. The quantitative estimate of drug-likeness (QED) is 0.357. The van der Waals surface area contributed by atoms with E-state index < -0.39 is 0 Å². The van der Waals surface area contributed by atoms with Crippen LogP contribution in [-0.2, 0) is 9.59 Å².